The van der Waals surface area contributed by atoms with Crippen LogP contribution in [-0.4, -0.2) is 24.5 Å². The van der Waals surface area contributed by atoms with Gasteiger partial charge in [0.1, 0.15) is 11.4 Å². The van der Waals surface area contributed by atoms with Gasteiger partial charge in [0.2, 0.25) is 0 Å². The maximum absolute atomic E-state index is 12.1. The van der Waals surface area contributed by atoms with E-state index in [1.54, 1.807) is 12.5 Å². The fourth-order valence-electron chi connectivity index (χ4n) is 2.66. The van der Waals surface area contributed by atoms with Crippen LogP contribution in [0.5, 0.6) is 5.75 Å². The maximum atomic E-state index is 12.1. The van der Waals surface area contributed by atoms with Gasteiger partial charge in [-0.15, -0.1) is 11.3 Å². The molecule has 0 spiro atoms. The number of ether oxygens (including phenoxy) is 1. The van der Waals surface area contributed by atoms with Crippen molar-refractivity contribution in [3.8, 4) is 5.75 Å². The molecule has 0 fully saturated rings. The van der Waals surface area contributed by atoms with Crippen molar-refractivity contribution in [2.45, 2.75) is 39.0 Å². The highest BCUT2D eigenvalue weighted by Crippen LogP contribution is 2.36. The van der Waals surface area contributed by atoms with Gasteiger partial charge in [-0.25, -0.2) is 4.98 Å². The number of aryl methyl sites for hydroxylation is 1. The first-order valence-electron chi connectivity index (χ1n) is 7.84. The number of amides is 1. The van der Waals surface area contributed by atoms with E-state index in [1.165, 1.54) is 16.9 Å². The Balaban J connectivity index is 2.03. The second kappa shape index (κ2) is 7.59. The van der Waals surface area contributed by atoms with Gasteiger partial charge in [-0.1, -0.05) is 32.0 Å². The fraction of sp³-hybridized carbons (Fsp3) is 0.444. The number of nitrogens with one attached hydrogen (secondary N) is 1. The highest BCUT2D eigenvalue weighted by molar-refractivity contribution is 7.09. The molecular formula is C18H24N2O2S. The molecule has 0 bridgehead atoms. The van der Waals surface area contributed by atoms with E-state index < -0.39 is 0 Å². The molecule has 1 N–H and O–H groups in total. The van der Waals surface area contributed by atoms with E-state index in [1.807, 2.05) is 25.1 Å². The SMILES string of the molecule is CC[C@](C)(CCNC(=O)c1csc(C)n1)c1ccccc1OC. The maximum Gasteiger partial charge on any atom is 0.270 e. The Morgan fingerprint density at radius 3 is 2.74 bits per heavy atom. The number of carbonyl (C=O) groups is 1. The van der Waals surface area contributed by atoms with E-state index in [2.05, 4.69) is 30.2 Å². The van der Waals surface area contributed by atoms with Crippen LogP contribution in [0, 0.1) is 6.92 Å². The van der Waals surface area contributed by atoms with Crippen LogP contribution in [0.3, 0.4) is 0 Å². The van der Waals surface area contributed by atoms with Crippen molar-refractivity contribution >= 4 is 17.2 Å². The summed E-state index contributed by atoms with van der Waals surface area (Å²) in [5.74, 6) is 0.797. The third-order valence-corrected chi connectivity index (χ3v) is 5.13. The number of carbonyl (C=O) groups excluding carboxylic acids is 1. The number of benzene rings is 1. The lowest BCUT2D eigenvalue weighted by Crippen LogP contribution is -2.31. The summed E-state index contributed by atoms with van der Waals surface area (Å²) in [6, 6.07) is 8.10. The van der Waals surface area contributed by atoms with Crippen molar-refractivity contribution < 1.29 is 9.53 Å². The monoisotopic (exact) mass is 332 g/mol. The Kier molecular flexibility index (Phi) is 5.77. The number of aromatic nitrogens is 1. The summed E-state index contributed by atoms with van der Waals surface area (Å²) in [6.45, 7) is 6.89. The Morgan fingerprint density at radius 2 is 2.13 bits per heavy atom. The zero-order valence-electron chi connectivity index (χ0n) is 14.2. The summed E-state index contributed by atoms with van der Waals surface area (Å²) in [5, 5.41) is 5.67. The molecule has 0 saturated carbocycles. The van der Waals surface area contributed by atoms with Gasteiger partial charge in [-0.05, 0) is 31.2 Å². The Labute approximate surface area is 141 Å². The van der Waals surface area contributed by atoms with Crippen LogP contribution >= 0.6 is 11.3 Å². The smallest absolute Gasteiger partial charge is 0.270 e. The summed E-state index contributed by atoms with van der Waals surface area (Å²) < 4.78 is 5.50. The molecule has 0 saturated heterocycles. The lowest BCUT2D eigenvalue weighted by Gasteiger charge is -2.30. The van der Waals surface area contributed by atoms with Crippen molar-refractivity contribution in [2.24, 2.45) is 0 Å². The largest absolute Gasteiger partial charge is 0.496 e. The van der Waals surface area contributed by atoms with E-state index in [9.17, 15) is 4.79 Å². The first kappa shape index (κ1) is 17.5. The molecule has 1 atom stereocenters. The van der Waals surface area contributed by atoms with Crippen LogP contribution in [0.4, 0.5) is 0 Å². The summed E-state index contributed by atoms with van der Waals surface area (Å²) in [6.07, 6.45) is 1.82. The molecule has 0 unspecified atom stereocenters. The molecule has 0 aliphatic carbocycles. The average molecular weight is 332 g/mol. The Morgan fingerprint density at radius 1 is 1.39 bits per heavy atom. The average Bonchev–Trinajstić information content (AvgIpc) is 3.01. The topological polar surface area (TPSA) is 51.2 Å². The zero-order valence-corrected chi connectivity index (χ0v) is 15.0. The summed E-state index contributed by atoms with van der Waals surface area (Å²) in [5.41, 5.74) is 1.64. The van der Waals surface area contributed by atoms with Crippen LogP contribution in [0.15, 0.2) is 29.6 Å². The predicted octanol–water partition coefficient (Wildman–Crippen LogP) is 3.95. The first-order chi connectivity index (χ1) is 11.0. The van der Waals surface area contributed by atoms with Crippen LogP contribution in [0.1, 0.15) is 47.7 Å². The summed E-state index contributed by atoms with van der Waals surface area (Å²) in [4.78, 5) is 16.3. The van der Waals surface area contributed by atoms with Gasteiger partial charge < -0.3 is 10.1 Å². The van der Waals surface area contributed by atoms with Crippen molar-refractivity contribution in [1.82, 2.24) is 10.3 Å². The normalized spacial score (nSPS) is 13.4. The van der Waals surface area contributed by atoms with Crippen LogP contribution < -0.4 is 10.1 Å². The molecule has 124 valence electrons. The van der Waals surface area contributed by atoms with Gasteiger partial charge in [-0.3, -0.25) is 4.79 Å². The number of hydrogen-bond acceptors (Lipinski definition) is 4. The van der Waals surface area contributed by atoms with E-state index in [4.69, 9.17) is 4.74 Å². The number of hydrogen-bond donors (Lipinski definition) is 1. The molecule has 5 heteroatoms. The predicted molar refractivity (Wildman–Crippen MR) is 94.4 cm³/mol. The summed E-state index contributed by atoms with van der Waals surface area (Å²) >= 11 is 1.49. The van der Waals surface area contributed by atoms with Gasteiger partial charge >= 0.3 is 0 Å². The minimum Gasteiger partial charge on any atom is -0.496 e. The molecule has 4 nitrogen and oxygen atoms in total. The lowest BCUT2D eigenvalue weighted by atomic mass is 9.77. The van der Waals surface area contributed by atoms with Crippen LogP contribution in [0.2, 0.25) is 0 Å². The molecule has 23 heavy (non-hydrogen) atoms. The molecule has 2 aromatic rings. The van der Waals surface area contributed by atoms with Gasteiger partial charge in [0.05, 0.1) is 12.1 Å². The van der Waals surface area contributed by atoms with E-state index in [0.717, 1.165) is 23.6 Å². The molecule has 1 aromatic heterocycles. The molecule has 0 radical (unpaired) electrons. The Hall–Kier alpha value is -1.88. The van der Waals surface area contributed by atoms with E-state index in [-0.39, 0.29) is 11.3 Å². The number of para-hydroxylation sites is 1. The number of thiazole rings is 1. The third-order valence-electron chi connectivity index (χ3n) is 4.35. The quantitative estimate of drug-likeness (QED) is 0.835. The van der Waals surface area contributed by atoms with Crippen LogP contribution in [0.25, 0.3) is 0 Å². The third kappa shape index (κ3) is 4.10. The number of nitrogens with zero attached hydrogens (tertiary/aromatic N) is 1. The fourth-order valence-corrected chi connectivity index (χ4v) is 3.25. The van der Waals surface area contributed by atoms with Crippen molar-refractivity contribution in [2.75, 3.05) is 13.7 Å². The second-order valence-electron chi connectivity index (χ2n) is 5.87. The summed E-state index contributed by atoms with van der Waals surface area (Å²) in [7, 11) is 1.70. The minimum atomic E-state index is -0.104. The van der Waals surface area contributed by atoms with E-state index in [0.29, 0.717) is 12.2 Å². The van der Waals surface area contributed by atoms with Crippen LogP contribution in [-0.2, 0) is 5.41 Å². The highest BCUT2D eigenvalue weighted by Gasteiger charge is 2.27. The Bertz CT molecular complexity index is 669. The zero-order chi connectivity index (χ0) is 16.9. The number of methoxy groups -OCH3 is 1. The lowest BCUT2D eigenvalue weighted by molar-refractivity contribution is 0.0946. The molecule has 2 rings (SSSR count). The van der Waals surface area contributed by atoms with Crippen molar-refractivity contribution in [3.05, 3.63) is 45.9 Å². The molecular weight excluding hydrogens is 308 g/mol. The standard InChI is InChI=1S/C18H24N2O2S/c1-5-18(3,14-8-6-7-9-16(14)22-4)10-11-19-17(21)15-12-23-13(2)20-15/h6-9,12H,5,10-11H2,1-4H3,(H,19,21)/t18-/m1/s1. The molecule has 1 amide bonds. The minimum absolute atomic E-state index is 0.0438. The highest BCUT2D eigenvalue weighted by atomic mass is 32.1. The van der Waals surface area contributed by atoms with E-state index >= 15 is 0 Å². The molecule has 1 aromatic carbocycles. The second-order valence-corrected chi connectivity index (χ2v) is 6.93. The van der Waals surface area contributed by atoms with Crippen molar-refractivity contribution in [1.29, 1.82) is 0 Å². The van der Waals surface area contributed by atoms with Gasteiger partial charge in [-0.2, -0.15) is 0 Å². The molecule has 0 aliphatic heterocycles. The van der Waals surface area contributed by atoms with Gasteiger partial charge in [0, 0.05) is 17.5 Å². The number of rotatable bonds is 7. The first-order valence-corrected chi connectivity index (χ1v) is 8.72. The molecule has 1 heterocycles. The van der Waals surface area contributed by atoms with Gasteiger partial charge in [0.25, 0.3) is 5.91 Å². The molecule has 0 aliphatic rings. The van der Waals surface area contributed by atoms with Crippen molar-refractivity contribution in [3.63, 3.8) is 0 Å². The van der Waals surface area contributed by atoms with Gasteiger partial charge in [0.15, 0.2) is 0 Å².